The number of furan rings is 1. The molecule has 0 bridgehead atoms. The Labute approximate surface area is 128 Å². The van der Waals surface area contributed by atoms with Gasteiger partial charge in [0.15, 0.2) is 0 Å². The molecule has 0 saturated carbocycles. The number of hydrogen-bond donors (Lipinski definition) is 2. The molecular formula is C13H18N2O4S2. The lowest BCUT2D eigenvalue weighted by Crippen LogP contribution is -2.22. The van der Waals surface area contributed by atoms with Crippen LogP contribution < -0.4 is 10.0 Å². The van der Waals surface area contributed by atoms with E-state index in [4.69, 9.17) is 9.15 Å². The molecule has 8 heteroatoms. The van der Waals surface area contributed by atoms with Gasteiger partial charge < -0.3 is 14.5 Å². The normalized spacial score (nSPS) is 11.9. The number of ether oxygens (including phenoxy) is 1. The average molecular weight is 330 g/mol. The van der Waals surface area contributed by atoms with Crippen molar-refractivity contribution in [1.82, 2.24) is 10.0 Å². The standard InChI is InChI=1S/C13H18N2O4S2/c1-18-7-6-14-9-11-4-5-13(19-11)21(16,17)15-10-12-3-2-8-20-12/h2-5,8,14-15H,6-7,9-10H2,1H3. The molecule has 0 aromatic carbocycles. The highest BCUT2D eigenvalue weighted by Gasteiger charge is 2.18. The maximum absolute atomic E-state index is 12.1. The minimum atomic E-state index is -3.61. The largest absolute Gasteiger partial charge is 0.447 e. The quantitative estimate of drug-likeness (QED) is 0.682. The number of hydrogen-bond acceptors (Lipinski definition) is 6. The molecule has 0 radical (unpaired) electrons. The second-order valence-corrected chi connectivity index (χ2v) is 7.02. The molecule has 2 rings (SSSR count). The zero-order valence-corrected chi connectivity index (χ0v) is 13.3. The summed E-state index contributed by atoms with van der Waals surface area (Å²) in [6.07, 6.45) is 0. The summed E-state index contributed by atoms with van der Waals surface area (Å²) in [5.41, 5.74) is 0. The van der Waals surface area contributed by atoms with Gasteiger partial charge in [-0.15, -0.1) is 11.3 Å². The summed E-state index contributed by atoms with van der Waals surface area (Å²) in [5.74, 6) is 0.572. The van der Waals surface area contributed by atoms with Crippen LogP contribution >= 0.6 is 11.3 Å². The van der Waals surface area contributed by atoms with Crippen molar-refractivity contribution in [2.24, 2.45) is 0 Å². The molecule has 2 heterocycles. The van der Waals surface area contributed by atoms with Gasteiger partial charge in [0.1, 0.15) is 5.76 Å². The monoisotopic (exact) mass is 330 g/mol. The smallest absolute Gasteiger partial charge is 0.274 e. The lowest BCUT2D eigenvalue weighted by molar-refractivity contribution is 0.198. The fourth-order valence-corrected chi connectivity index (χ4v) is 3.32. The third kappa shape index (κ3) is 4.94. The molecule has 116 valence electrons. The number of nitrogens with one attached hydrogen (secondary N) is 2. The fourth-order valence-electron chi connectivity index (χ4n) is 1.63. The summed E-state index contributed by atoms with van der Waals surface area (Å²) < 4.78 is 36.9. The summed E-state index contributed by atoms with van der Waals surface area (Å²) in [5, 5.41) is 4.93. The van der Waals surface area contributed by atoms with Crippen molar-refractivity contribution < 1.29 is 17.6 Å². The van der Waals surface area contributed by atoms with Gasteiger partial charge >= 0.3 is 0 Å². The van der Waals surface area contributed by atoms with E-state index in [1.807, 2.05) is 17.5 Å². The van der Waals surface area contributed by atoms with Gasteiger partial charge in [-0.3, -0.25) is 0 Å². The Morgan fingerprint density at radius 1 is 1.29 bits per heavy atom. The third-order valence-corrected chi connectivity index (χ3v) is 4.85. The summed E-state index contributed by atoms with van der Waals surface area (Å²) >= 11 is 1.50. The van der Waals surface area contributed by atoms with Crippen LogP contribution in [0.1, 0.15) is 10.6 Å². The van der Waals surface area contributed by atoms with Crippen LogP contribution in [-0.4, -0.2) is 28.7 Å². The van der Waals surface area contributed by atoms with E-state index >= 15 is 0 Å². The number of rotatable bonds is 9. The molecule has 0 spiro atoms. The molecule has 2 aromatic heterocycles. The van der Waals surface area contributed by atoms with Crippen molar-refractivity contribution in [3.05, 3.63) is 40.3 Å². The topological polar surface area (TPSA) is 80.6 Å². The predicted octanol–water partition coefficient (Wildman–Crippen LogP) is 1.56. The third-order valence-electron chi connectivity index (χ3n) is 2.70. The minimum Gasteiger partial charge on any atom is -0.447 e. The number of thiophene rings is 1. The summed E-state index contributed by atoms with van der Waals surface area (Å²) in [7, 11) is -1.99. The summed E-state index contributed by atoms with van der Waals surface area (Å²) in [6.45, 7) is 2.00. The Morgan fingerprint density at radius 2 is 2.14 bits per heavy atom. The van der Waals surface area contributed by atoms with Crippen molar-refractivity contribution in [3.63, 3.8) is 0 Å². The van der Waals surface area contributed by atoms with Crippen LogP contribution in [0.25, 0.3) is 0 Å². The zero-order valence-electron chi connectivity index (χ0n) is 11.7. The summed E-state index contributed by atoms with van der Waals surface area (Å²) in [6, 6.07) is 6.87. The van der Waals surface area contributed by atoms with Crippen LogP contribution in [0.4, 0.5) is 0 Å². The fraction of sp³-hybridized carbons (Fsp3) is 0.385. The van der Waals surface area contributed by atoms with E-state index < -0.39 is 10.0 Å². The highest BCUT2D eigenvalue weighted by Crippen LogP contribution is 2.15. The second-order valence-electron chi connectivity index (χ2n) is 4.29. The van der Waals surface area contributed by atoms with Crippen molar-refractivity contribution in [1.29, 1.82) is 0 Å². The first-order valence-corrected chi connectivity index (χ1v) is 8.78. The second kappa shape index (κ2) is 7.71. The first kappa shape index (κ1) is 16.2. The van der Waals surface area contributed by atoms with Gasteiger partial charge in [-0.05, 0) is 23.6 Å². The van der Waals surface area contributed by atoms with E-state index in [-0.39, 0.29) is 11.6 Å². The van der Waals surface area contributed by atoms with Crippen LogP contribution in [0.15, 0.2) is 39.2 Å². The van der Waals surface area contributed by atoms with E-state index in [2.05, 4.69) is 10.0 Å². The molecular weight excluding hydrogens is 312 g/mol. The highest BCUT2D eigenvalue weighted by atomic mass is 32.2. The van der Waals surface area contributed by atoms with Gasteiger partial charge in [0.2, 0.25) is 5.09 Å². The molecule has 0 fully saturated rings. The molecule has 0 aliphatic rings. The van der Waals surface area contributed by atoms with Crippen LogP contribution in [0.3, 0.4) is 0 Å². The molecule has 21 heavy (non-hydrogen) atoms. The Morgan fingerprint density at radius 3 is 2.86 bits per heavy atom. The Hall–Kier alpha value is -1.19. The molecule has 0 unspecified atom stereocenters. The van der Waals surface area contributed by atoms with Crippen molar-refractivity contribution >= 4 is 21.4 Å². The first-order valence-electron chi connectivity index (χ1n) is 6.42. The van der Waals surface area contributed by atoms with Gasteiger partial charge in [0, 0.05) is 25.1 Å². The lowest BCUT2D eigenvalue weighted by Gasteiger charge is -2.03. The molecule has 0 aliphatic carbocycles. The maximum atomic E-state index is 12.1. The Balaban J connectivity index is 1.89. The van der Waals surface area contributed by atoms with Gasteiger partial charge in [-0.1, -0.05) is 6.07 Å². The predicted molar refractivity (Wildman–Crippen MR) is 80.6 cm³/mol. The summed E-state index contributed by atoms with van der Waals surface area (Å²) in [4.78, 5) is 0.951. The van der Waals surface area contributed by atoms with E-state index in [0.717, 1.165) is 4.88 Å². The first-order chi connectivity index (χ1) is 10.1. The van der Waals surface area contributed by atoms with Gasteiger partial charge in [-0.2, -0.15) is 0 Å². The van der Waals surface area contributed by atoms with Crippen molar-refractivity contribution in [3.8, 4) is 0 Å². The minimum absolute atomic E-state index is 0.0670. The van der Waals surface area contributed by atoms with E-state index in [1.165, 1.54) is 17.4 Å². The maximum Gasteiger partial charge on any atom is 0.274 e. The zero-order chi connectivity index (χ0) is 15.1. The molecule has 6 nitrogen and oxygen atoms in total. The van der Waals surface area contributed by atoms with Crippen LogP contribution in [0.5, 0.6) is 0 Å². The molecule has 0 atom stereocenters. The SMILES string of the molecule is COCCNCc1ccc(S(=O)(=O)NCc2cccs2)o1. The van der Waals surface area contributed by atoms with Gasteiger partial charge in [0.05, 0.1) is 13.2 Å². The van der Waals surface area contributed by atoms with Crippen LogP contribution in [-0.2, 0) is 27.8 Å². The molecule has 2 aromatic rings. The molecule has 0 aliphatic heterocycles. The highest BCUT2D eigenvalue weighted by molar-refractivity contribution is 7.89. The van der Waals surface area contributed by atoms with Crippen molar-refractivity contribution in [2.45, 2.75) is 18.2 Å². The number of sulfonamides is 1. The van der Waals surface area contributed by atoms with E-state index in [0.29, 0.717) is 25.5 Å². The molecule has 2 N–H and O–H groups in total. The van der Waals surface area contributed by atoms with E-state index in [9.17, 15) is 8.42 Å². The van der Waals surface area contributed by atoms with Crippen LogP contribution in [0, 0.1) is 0 Å². The Bertz CT molecular complexity index is 635. The lowest BCUT2D eigenvalue weighted by atomic mass is 10.4. The number of methoxy groups -OCH3 is 1. The van der Waals surface area contributed by atoms with Crippen LogP contribution in [0.2, 0.25) is 0 Å². The molecule has 0 saturated heterocycles. The molecule has 0 amide bonds. The average Bonchev–Trinajstić information content (AvgIpc) is 3.13. The van der Waals surface area contributed by atoms with E-state index in [1.54, 1.807) is 13.2 Å². The van der Waals surface area contributed by atoms with Crippen molar-refractivity contribution in [2.75, 3.05) is 20.3 Å². The van der Waals surface area contributed by atoms with Gasteiger partial charge in [0.25, 0.3) is 10.0 Å². The van der Waals surface area contributed by atoms with Gasteiger partial charge in [-0.25, -0.2) is 13.1 Å². The Kier molecular flexibility index (Phi) is 5.95.